The summed E-state index contributed by atoms with van der Waals surface area (Å²) < 4.78 is 38.3. The van der Waals surface area contributed by atoms with Gasteiger partial charge >= 0.3 is 0 Å². The summed E-state index contributed by atoms with van der Waals surface area (Å²) >= 11 is 0. The Bertz CT molecular complexity index is 933. The Balaban J connectivity index is 1.69. The van der Waals surface area contributed by atoms with Crippen molar-refractivity contribution in [2.45, 2.75) is 20.3 Å². The van der Waals surface area contributed by atoms with Gasteiger partial charge in [0.05, 0.1) is 17.9 Å². The van der Waals surface area contributed by atoms with Crippen molar-refractivity contribution in [3.05, 3.63) is 70.6 Å². The molecule has 0 aliphatic rings. The van der Waals surface area contributed by atoms with E-state index < -0.39 is 17.2 Å². The molecule has 2 aromatic carbocycles. The standard InChI is InChI=1S/C20H17F2NO3/c1-12-3-5-14(6-4-12)20-23-17(13(2)26-20)9-10-25-18-8-7-16(21)15(11-24)19(18)22/h3-8,11H,9-10H2,1-2H3. The zero-order valence-electron chi connectivity index (χ0n) is 14.4. The average Bonchev–Trinajstić information content (AvgIpc) is 2.99. The summed E-state index contributed by atoms with van der Waals surface area (Å²) in [4.78, 5) is 15.2. The fourth-order valence-corrected chi connectivity index (χ4v) is 2.51. The van der Waals surface area contributed by atoms with Crippen molar-refractivity contribution >= 4 is 6.29 Å². The van der Waals surface area contributed by atoms with Gasteiger partial charge in [0.1, 0.15) is 11.6 Å². The summed E-state index contributed by atoms with van der Waals surface area (Å²) in [6, 6.07) is 9.95. The van der Waals surface area contributed by atoms with Crippen LogP contribution in [0.1, 0.15) is 27.4 Å². The number of hydrogen-bond acceptors (Lipinski definition) is 4. The number of aryl methyl sites for hydroxylation is 2. The second-order valence-corrected chi connectivity index (χ2v) is 5.88. The van der Waals surface area contributed by atoms with Crippen LogP contribution in [-0.4, -0.2) is 17.9 Å². The van der Waals surface area contributed by atoms with E-state index in [4.69, 9.17) is 9.15 Å². The Hall–Kier alpha value is -3.02. The van der Waals surface area contributed by atoms with Gasteiger partial charge in [0.2, 0.25) is 5.89 Å². The third-order valence-electron chi connectivity index (χ3n) is 4.00. The number of rotatable bonds is 6. The molecule has 0 saturated heterocycles. The van der Waals surface area contributed by atoms with Gasteiger partial charge in [-0.15, -0.1) is 0 Å². The van der Waals surface area contributed by atoms with E-state index in [1.807, 2.05) is 31.2 Å². The minimum Gasteiger partial charge on any atom is -0.490 e. The van der Waals surface area contributed by atoms with Crippen LogP contribution >= 0.6 is 0 Å². The van der Waals surface area contributed by atoms with E-state index in [1.165, 1.54) is 0 Å². The Morgan fingerprint density at radius 1 is 1.12 bits per heavy atom. The molecular weight excluding hydrogens is 340 g/mol. The molecule has 6 heteroatoms. The first-order chi connectivity index (χ1) is 12.5. The van der Waals surface area contributed by atoms with Gasteiger partial charge in [-0.05, 0) is 38.1 Å². The first-order valence-corrected chi connectivity index (χ1v) is 8.09. The Morgan fingerprint density at radius 3 is 2.54 bits per heavy atom. The molecule has 0 aliphatic heterocycles. The number of benzene rings is 2. The molecule has 0 fully saturated rings. The van der Waals surface area contributed by atoms with Crippen molar-refractivity contribution in [1.82, 2.24) is 4.98 Å². The Labute approximate surface area is 149 Å². The molecule has 0 atom stereocenters. The van der Waals surface area contributed by atoms with Crippen molar-refractivity contribution < 1.29 is 22.7 Å². The highest BCUT2D eigenvalue weighted by atomic mass is 19.1. The highest BCUT2D eigenvalue weighted by Gasteiger charge is 2.15. The number of carbonyl (C=O) groups excluding carboxylic acids is 1. The molecule has 0 unspecified atom stereocenters. The molecule has 1 aromatic heterocycles. The summed E-state index contributed by atoms with van der Waals surface area (Å²) in [5.41, 5.74) is 2.06. The smallest absolute Gasteiger partial charge is 0.226 e. The van der Waals surface area contributed by atoms with Crippen LogP contribution in [0.4, 0.5) is 8.78 Å². The lowest BCUT2D eigenvalue weighted by Crippen LogP contribution is -2.06. The minimum atomic E-state index is -1.00. The number of halogens is 2. The molecule has 0 amide bonds. The second-order valence-electron chi connectivity index (χ2n) is 5.88. The van der Waals surface area contributed by atoms with Gasteiger partial charge in [-0.25, -0.2) is 13.8 Å². The number of ether oxygens (including phenoxy) is 1. The molecule has 0 radical (unpaired) electrons. The molecule has 0 N–H and O–H groups in total. The maximum absolute atomic E-state index is 14.0. The maximum Gasteiger partial charge on any atom is 0.226 e. The van der Waals surface area contributed by atoms with E-state index in [0.29, 0.717) is 23.8 Å². The third-order valence-corrected chi connectivity index (χ3v) is 4.00. The van der Waals surface area contributed by atoms with Crippen LogP contribution in [0.25, 0.3) is 11.5 Å². The summed E-state index contributed by atoms with van der Waals surface area (Å²) in [6.45, 7) is 3.91. The first-order valence-electron chi connectivity index (χ1n) is 8.09. The van der Waals surface area contributed by atoms with E-state index in [-0.39, 0.29) is 18.6 Å². The largest absolute Gasteiger partial charge is 0.490 e. The zero-order chi connectivity index (χ0) is 18.7. The van der Waals surface area contributed by atoms with Crippen molar-refractivity contribution in [1.29, 1.82) is 0 Å². The van der Waals surface area contributed by atoms with Crippen LogP contribution in [0.5, 0.6) is 5.75 Å². The molecule has 0 spiro atoms. The summed E-state index contributed by atoms with van der Waals surface area (Å²) in [5.74, 6) is -0.934. The molecule has 26 heavy (non-hydrogen) atoms. The van der Waals surface area contributed by atoms with Crippen molar-refractivity contribution in [3.63, 3.8) is 0 Å². The highest BCUT2D eigenvalue weighted by Crippen LogP contribution is 2.24. The monoisotopic (exact) mass is 357 g/mol. The van der Waals surface area contributed by atoms with Crippen LogP contribution in [0.2, 0.25) is 0 Å². The van der Waals surface area contributed by atoms with Gasteiger partial charge in [0, 0.05) is 12.0 Å². The first kappa shape index (κ1) is 17.8. The number of nitrogens with zero attached hydrogens (tertiary/aromatic N) is 1. The van der Waals surface area contributed by atoms with Gasteiger partial charge < -0.3 is 9.15 Å². The molecule has 134 valence electrons. The van der Waals surface area contributed by atoms with E-state index in [2.05, 4.69) is 4.98 Å². The minimum absolute atomic E-state index is 0.113. The fourth-order valence-electron chi connectivity index (χ4n) is 2.51. The second kappa shape index (κ2) is 7.47. The van der Waals surface area contributed by atoms with Crippen LogP contribution in [0.3, 0.4) is 0 Å². The number of aldehydes is 1. The molecule has 0 saturated carbocycles. The average molecular weight is 357 g/mol. The van der Waals surface area contributed by atoms with Crippen LogP contribution in [0, 0.1) is 25.5 Å². The fraction of sp³-hybridized carbons (Fsp3) is 0.200. The van der Waals surface area contributed by atoms with E-state index >= 15 is 0 Å². The molecule has 1 heterocycles. The number of aromatic nitrogens is 1. The molecule has 0 bridgehead atoms. The van der Waals surface area contributed by atoms with Crippen LogP contribution in [0.15, 0.2) is 40.8 Å². The Morgan fingerprint density at radius 2 is 1.85 bits per heavy atom. The maximum atomic E-state index is 14.0. The highest BCUT2D eigenvalue weighted by molar-refractivity contribution is 5.76. The van der Waals surface area contributed by atoms with E-state index in [0.717, 1.165) is 23.3 Å². The SMILES string of the molecule is Cc1ccc(-c2nc(CCOc3ccc(F)c(C=O)c3F)c(C)o2)cc1. The molecule has 0 aliphatic carbocycles. The van der Waals surface area contributed by atoms with Crippen LogP contribution in [-0.2, 0) is 6.42 Å². The van der Waals surface area contributed by atoms with Gasteiger partial charge in [-0.2, -0.15) is 0 Å². The molecular formula is C20H17F2NO3. The van der Waals surface area contributed by atoms with Crippen molar-refractivity contribution in [2.75, 3.05) is 6.61 Å². The summed E-state index contributed by atoms with van der Waals surface area (Å²) in [5, 5.41) is 0. The lowest BCUT2D eigenvalue weighted by molar-refractivity contribution is 0.111. The van der Waals surface area contributed by atoms with Gasteiger partial charge in [0.25, 0.3) is 0 Å². The lowest BCUT2D eigenvalue weighted by Gasteiger charge is -2.08. The quantitative estimate of drug-likeness (QED) is 0.602. The topological polar surface area (TPSA) is 52.3 Å². The summed E-state index contributed by atoms with van der Waals surface area (Å²) in [6.07, 6.45) is 0.515. The van der Waals surface area contributed by atoms with Crippen molar-refractivity contribution in [2.24, 2.45) is 0 Å². The predicted octanol–water partition coefficient (Wildman–Crippen LogP) is 4.67. The number of hydrogen-bond donors (Lipinski definition) is 0. The Kier molecular flexibility index (Phi) is 5.11. The van der Waals surface area contributed by atoms with Gasteiger partial charge in [-0.3, -0.25) is 4.79 Å². The zero-order valence-corrected chi connectivity index (χ0v) is 14.4. The van der Waals surface area contributed by atoms with E-state index in [1.54, 1.807) is 6.92 Å². The van der Waals surface area contributed by atoms with Gasteiger partial charge in [-0.1, -0.05) is 17.7 Å². The van der Waals surface area contributed by atoms with Crippen molar-refractivity contribution in [3.8, 4) is 17.2 Å². The predicted molar refractivity (Wildman–Crippen MR) is 92.4 cm³/mol. The molecule has 4 nitrogen and oxygen atoms in total. The van der Waals surface area contributed by atoms with Crippen LogP contribution < -0.4 is 4.74 Å². The third kappa shape index (κ3) is 3.64. The van der Waals surface area contributed by atoms with E-state index in [9.17, 15) is 13.6 Å². The number of carbonyl (C=O) groups is 1. The summed E-state index contributed by atoms with van der Waals surface area (Å²) in [7, 11) is 0. The molecule has 3 aromatic rings. The van der Waals surface area contributed by atoms with Gasteiger partial charge in [0.15, 0.2) is 17.9 Å². The molecule has 3 rings (SSSR count). The lowest BCUT2D eigenvalue weighted by atomic mass is 10.1. The normalized spacial score (nSPS) is 10.8. The number of oxazole rings is 1.